The highest BCUT2D eigenvalue weighted by atomic mass is 32.1. The van der Waals surface area contributed by atoms with Gasteiger partial charge in [-0.15, -0.1) is 0 Å². The highest BCUT2D eigenvalue weighted by Crippen LogP contribution is 2.48. The molecule has 2 aliphatic heterocycles. The topological polar surface area (TPSA) is 69.7 Å². The number of pyridine rings is 1. The van der Waals surface area contributed by atoms with Gasteiger partial charge in [-0.25, -0.2) is 16.2 Å². The summed E-state index contributed by atoms with van der Waals surface area (Å²) in [6, 6.07) is 4.42. The quantitative estimate of drug-likeness (QED) is 0.482. The zero-order valence-corrected chi connectivity index (χ0v) is 20.4. The van der Waals surface area contributed by atoms with Crippen LogP contribution < -0.4 is 4.90 Å². The minimum atomic E-state index is -0.484. The van der Waals surface area contributed by atoms with Crippen molar-refractivity contribution in [2.75, 3.05) is 31.3 Å². The van der Waals surface area contributed by atoms with Crippen LogP contribution in [-0.2, 0) is 15.0 Å². The number of hydrogen-bond donors (Lipinski definition) is 0. The van der Waals surface area contributed by atoms with E-state index in [1.165, 1.54) is 11.5 Å². The molecular weight excluding hydrogens is 448 g/mol. The van der Waals surface area contributed by atoms with Crippen molar-refractivity contribution in [3.8, 4) is 11.4 Å². The van der Waals surface area contributed by atoms with E-state index in [2.05, 4.69) is 27.8 Å². The van der Waals surface area contributed by atoms with Gasteiger partial charge in [0.2, 0.25) is 0 Å². The molecule has 3 fully saturated rings. The summed E-state index contributed by atoms with van der Waals surface area (Å²) in [4.78, 5) is 11.7. The SMILES string of the molecule is [C-]#[N+]C1(c2cc(N3CCOC[C@H]3C)nc3c(-c4ccnn4C4CCCCO4)nsc23)CCCC1. The smallest absolute Gasteiger partial charge is 0.259 e. The maximum absolute atomic E-state index is 8.15. The molecule has 3 aliphatic rings. The summed E-state index contributed by atoms with van der Waals surface area (Å²) in [5.74, 6) is 0.926. The van der Waals surface area contributed by atoms with Crippen molar-refractivity contribution in [1.82, 2.24) is 19.1 Å². The molecular formula is C25H30N6O2S. The fourth-order valence-corrected chi connectivity index (χ4v) is 6.62. The van der Waals surface area contributed by atoms with Gasteiger partial charge in [-0.2, -0.15) is 9.47 Å². The molecule has 3 aromatic heterocycles. The van der Waals surface area contributed by atoms with E-state index < -0.39 is 5.54 Å². The first-order chi connectivity index (χ1) is 16.7. The van der Waals surface area contributed by atoms with Gasteiger partial charge in [-0.1, -0.05) is 0 Å². The van der Waals surface area contributed by atoms with Crippen LogP contribution in [0.15, 0.2) is 18.3 Å². The lowest BCUT2D eigenvalue weighted by atomic mass is 9.89. The Kier molecular flexibility index (Phi) is 5.76. The third-order valence-corrected chi connectivity index (χ3v) is 8.43. The van der Waals surface area contributed by atoms with E-state index >= 15 is 0 Å². The number of rotatable bonds is 4. The van der Waals surface area contributed by atoms with Crippen molar-refractivity contribution in [3.63, 3.8) is 0 Å². The Labute approximate surface area is 203 Å². The molecule has 2 atom stereocenters. The molecule has 3 aromatic rings. The number of nitrogens with zero attached hydrogens (tertiary/aromatic N) is 6. The molecule has 0 aromatic carbocycles. The van der Waals surface area contributed by atoms with Crippen LogP contribution in [0.4, 0.5) is 5.82 Å². The lowest BCUT2D eigenvalue weighted by molar-refractivity contribution is -0.0383. The van der Waals surface area contributed by atoms with Crippen molar-refractivity contribution in [1.29, 1.82) is 0 Å². The Bertz CT molecular complexity index is 1220. The Balaban J connectivity index is 1.53. The summed E-state index contributed by atoms with van der Waals surface area (Å²) in [5.41, 5.74) is 3.27. The van der Waals surface area contributed by atoms with Crippen LogP contribution in [0.5, 0.6) is 0 Å². The summed E-state index contributed by atoms with van der Waals surface area (Å²) in [5, 5.41) is 4.61. The number of anilines is 1. The van der Waals surface area contributed by atoms with Crippen LogP contribution >= 0.6 is 11.5 Å². The molecule has 0 bridgehead atoms. The molecule has 0 amide bonds. The fraction of sp³-hybridized carbons (Fsp3) is 0.600. The molecule has 9 heteroatoms. The average molecular weight is 479 g/mol. The predicted octanol–water partition coefficient (Wildman–Crippen LogP) is 5.17. The van der Waals surface area contributed by atoms with Gasteiger partial charge in [0.05, 0.1) is 35.2 Å². The van der Waals surface area contributed by atoms with Gasteiger partial charge in [-0.05, 0) is 62.7 Å². The lowest BCUT2D eigenvalue weighted by Gasteiger charge is -2.34. The summed E-state index contributed by atoms with van der Waals surface area (Å²) in [6.45, 7) is 13.3. The van der Waals surface area contributed by atoms with Crippen molar-refractivity contribution < 1.29 is 9.47 Å². The minimum absolute atomic E-state index is 0.0677. The van der Waals surface area contributed by atoms with Gasteiger partial charge >= 0.3 is 0 Å². The first-order valence-electron chi connectivity index (χ1n) is 12.4. The summed E-state index contributed by atoms with van der Waals surface area (Å²) in [6.07, 6.45) is 8.91. The number of morpholine rings is 1. The van der Waals surface area contributed by atoms with Gasteiger partial charge in [0.1, 0.15) is 17.0 Å². The van der Waals surface area contributed by atoms with E-state index in [4.69, 9.17) is 25.4 Å². The molecule has 1 unspecified atom stereocenters. The van der Waals surface area contributed by atoms with Gasteiger partial charge < -0.3 is 19.2 Å². The van der Waals surface area contributed by atoms with E-state index in [1.54, 1.807) is 0 Å². The van der Waals surface area contributed by atoms with Crippen molar-refractivity contribution >= 4 is 27.6 Å². The van der Waals surface area contributed by atoms with Gasteiger partial charge in [0.15, 0.2) is 6.23 Å². The van der Waals surface area contributed by atoms with Crippen LogP contribution in [0.1, 0.15) is 63.7 Å². The first kappa shape index (κ1) is 22.0. The molecule has 0 spiro atoms. The van der Waals surface area contributed by atoms with Crippen molar-refractivity contribution in [2.45, 2.75) is 69.7 Å². The van der Waals surface area contributed by atoms with Gasteiger partial charge in [0.25, 0.3) is 5.54 Å². The minimum Gasteiger partial charge on any atom is -0.377 e. The second-order valence-electron chi connectivity index (χ2n) is 9.69. The second-order valence-corrected chi connectivity index (χ2v) is 10.5. The Morgan fingerprint density at radius 2 is 2.09 bits per heavy atom. The zero-order valence-electron chi connectivity index (χ0n) is 19.6. The third-order valence-electron chi connectivity index (χ3n) is 7.56. The summed E-state index contributed by atoms with van der Waals surface area (Å²) < 4.78 is 19.6. The van der Waals surface area contributed by atoms with Gasteiger partial charge in [0, 0.05) is 32.2 Å². The maximum Gasteiger partial charge on any atom is 0.259 e. The van der Waals surface area contributed by atoms with E-state index in [1.807, 2.05) is 16.9 Å². The highest BCUT2D eigenvalue weighted by Gasteiger charge is 2.45. The van der Waals surface area contributed by atoms with Crippen LogP contribution in [0.25, 0.3) is 26.4 Å². The summed E-state index contributed by atoms with van der Waals surface area (Å²) in [7, 11) is 0. The molecule has 1 saturated carbocycles. The normalized spacial score (nSPS) is 25.0. The number of aromatic nitrogens is 4. The third kappa shape index (κ3) is 3.60. The van der Waals surface area contributed by atoms with Crippen molar-refractivity contribution in [2.24, 2.45) is 0 Å². The molecule has 6 rings (SSSR count). The molecule has 2 saturated heterocycles. The van der Waals surface area contributed by atoms with Crippen molar-refractivity contribution in [3.05, 3.63) is 35.3 Å². The predicted molar refractivity (Wildman–Crippen MR) is 132 cm³/mol. The highest BCUT2D eigenvalue weighted by molar-refractivity contribution is 7.13. The molecule has 0 N–H and O–H groups in total. The Hall–Kier alpha value is -2.54. The number of fused-ring (bicyclic) bond motifs is 1. The molecule has 8 nitrogen and oxygen atoms in total. The number of hydrogen-bond acceptors (Lipinski definition) is 7. The fourth-order valence-electron chi connectivity index (χ4n) is 5.68. The molecule has 5 heterocycles. The molecule has 178 valence electrons. The average Bonchev–Trinajstić information content (AvgIpc) is 3.64. The number of ether oxygens (including phenoxy) is 2. The maximum atomic E-state index is 8.15. The monoisotopic (exact) mass is 478 g/mol. The van der Waals surface area contributed by atoms with E-state index in [0.717, 1.165) is 91.1 Å². The van der Waals surface area contributed by atoms with Crippen LogP contribution in [0.2, 0.25) is 0 Å². The lowest BCUT2D eigenvalue weighted by Crippen LogP contribution is -2.44. The zero-order chi connectivity index (χ0) is 23.1. The largest absolute Gasteiger partial charge is 0.377 e. The molecule has 0 radical (unpaired) electrons. The first-order valence-corrected chi connectivity index (χ1v) is 13.2. The summed E-state index contributed by atoms with van der Waals surface area (Å²) >= 11 is 1.47. The van der Waals surface area contributed by atoms with Crippen LogP contribution in [-0.4, -0.2) is 51.5 Å². The van der Waals surface area contributed by atoms with Gasteiger partial charge in [-0.3, -0.25) is 0 Å². The van der Waals surface area contributed by atoms with E-state index in [9.17, 15) is 0 Å². The molecule has 34 heavy (non-hydrogen) atoms. The van der Waals surface area contributed by atoms with E-state index in [0.29, 0.717) is 13.2 Å². The Morgan fingerprint density at radius 1 is 1.21 bits per heavy atom. The van der Waals surface area contributed by atoms with E-state index in [-0.39, 0.29) is 12.3 Å². The van der Waals surface area contributed by atoms with Crippen LogP contribution in [0.3, 0.4) is 0 Å². The second kappa shape index (κ2) is 8.91. The Morgan fingerprint density at radius 3 is 2.85 bits per heavy atom. The molecule has 1 aliphatic carbocycles. The standard InChI is InChI=1S/C25H30N6O2S/c1-17-16-32-14-12-30(17)20-15-18(25(26-2)9-4-5-10-25)24-23(28-20)22(29-34-24)19-8-11-27-31(19)21-7-3-6-13-33-21/h8,11,15,17,21H,3-7,9-10,12-14,16H2,1H3/t17-,21?/m1/s1. The van der Waals surface area contributed by atoms with Crippen LogP contribution in [0, 0.1) is 6.57 Å².